The van der Waals surface area contributed by atoms with Gasteiger partial charge in [-0.1, -0.05) is 0 Å². The van der Waals surface area contributed by atoms with Gasteiger partial charge in [0.25, 0.3) is 11.8 Å². The standard InChI is InChI=1S/C22H22F4N2O3/c1-12-10-15(5-9-18(12)23)27-20(30)13-2-8-19(24)17(11-13)22(25,26)21(31)28-14-3-6-16(29)7-4-14/h2,5,8-11,14,16,29H,3-4,6-7H2,1H3,(H,27,30)(H,28,31). The van der Waals surface area contributed by atoms with Crippen LogP contribution in [0.5, 0.6) is 0 Å². The Morgan fingerprint density at radius 1 is 1.00 bits per heavy atom. The maximum Gasteiger partial charge on any atom is 0.352 e. The molecule has 9 heteroatoms. The Bertz CT molecular complexity index is 989. The Labute approximate surface area is 176 Å². The molecule has 0 aliphatic heterocycles. The first-order chi connectivity index (χ1) is 14.6. The zero-order valence-electron chi connectivity index (χ0n) is 16.7. The molecule has 31 heavy (non-hydrogen) atoms. The number of aliphatic hydroxyl groups excluding tert-OH is 1. The van der Waals surface area contributed by atoms with Crippen molar-refractivity contribution in [3.63, 3.8) is 0 Å². The normalized spacial score (nSPS) is 19.0. The number of benzene rings is 2. The molecule has 0 radical (unpaired) electrons. The fourth-order valence-corrected chi connectivity index (χ4v) is 3.45. The molecule has 1 aliphatic carbocycles. The Balaban J connectivity index is 1.77. The van der Waals surface area contributed by atoms with Crippen molar-refractivity contribution in [3.8, 4) is 0 Å². The maximum absolute atomic E-state index is 14.7. The Morgan fingerprint density at radius 2 is 1.65 bits per heavy atom. The first-order valence-electron chi connectivity index (χ1n) is 9.82. The second-order valence-corrected chi connectivity index (χ2v) is 7.67. The molecule has 5 nitrogen and oxygen atoms in total. The summed E-state index contributed by atoms with van der Waals surface area (Å²) in [5.74, 6) is -8.49. The van der Waals surface area contributed by atoms with Crippen LogP contribution >= 0.6 is 0 Å². The van der Waals surface area contributed by atoms with Crippen molar-refractivity contribution in [2.45, 2.75) is 50.7 Å². The van der Waals surface area contributed by atoms with Gasteiger partial charge in [0.05, 0.1) is 11.7 Å². The highest BCUT2D eigenvalue weighted by molar-refractivity contribution is 6.04. The van der Waals surface area contributed by atoms with Gasteiger partial charge in [-0.05, 0) is 74.6 Å². The summed E-state index contributed by atoms with van der Waals surface area (Å²) >= 11 is 0. The van der Waals surface area contributed by atoms with Crippen molar-refractivity contribution in [2.75, 3.05) is 5.32 Å². The number of amides is 2. The van der Waals surface area contributed by atoms with Gasteiger partial charge < -0.3 is 15.7 Å². The van der Waals surface area contributed by atoms with Crippen molar-refractivity contribution >= 4 is 17.5 Å². The number of aliphatic hydroxyl groups is 1. The molecule has 0 aromatic heterocycles. The number of hydrogen-bond acceptors (Lipinski definition) is 3. The van der Waals surface area contributed by atoms with E-state index in [4.69, 9.17) is 0 Å². The third-order valence-corrected chi connectivity index (χ3v) is 5.30. The summed E-state index contributed by atoms with van der Waals surface area (Å²) in [5.41, 5.74) is -0.995. The molecular formula is C22H22F4N2O3. The summed E-state index contributed by atoms with van der Waals surface area (Å²) in [5, 5.41) is 14.1. The van der Waals surface area contributed by atoms with E-state index in [9.17, 15) is 32.3 Å². The summed E-state index contributed by atoms with van der Waals surface area (Å²) in [6.07, 6.45) is 0.911. The molecule has 2 amide bonds. The largest absolute Gasteiger partial charge is 0.393 e. The maximum atomic E-state index is 14.7. The van der Waals surface area contributed by atoms with Crippen molar-refractivity contribution in [3.05, 3.63) is 64.7 Å². The minimum atomic E-state index is -4.21. The second-order valence-electron chi connectivity index (χ2n) is 7.67. The quantitative estimate of drug-likeness (QED) is 0.617. The molecule has 0 bridgehead atoms. The summed E-state index contributed by atoms with van der Waals surface area (Å²) in [6, 6.07) is 5.60. The number of carbonyl (C=O) groups excluding carboxylic acids is 2. The van der Waals surface area contributed by atoms with Crippen LogP contribution < -0.4 is 10.6 Å². The molecule has 2 aromatic rings. The van der Waals surface area contributed by atoms with Crippen LogP contribution in [0.4, 0.5) is 23.2 Å². The van der Waals surface area contributed by atoms with Crippen LogP contribution in [0.2, 0.25) is 0 Å². The zero-order valence-corrected chi connectivity index (χ0v) is 16.7. The lowest BCUT2D eigenvalue weighted by molar-refractivity contribution is -0.148. The van der Waals surface area contributed by atoms with Crippen LogP contribution in [0.3, 0.4) is 0 Å². The molecular weight excluding hydrogens is 416 g/mol. The Hall–Kier alpha value is -2.94. The van der Waals surface area contributed by atoms with Crippen LogP contribution in [0, 0.1) is 18.6 Å². The molecule has 0 saturated heterocycles. The molecule has 3 rings (SSSR count). The van der Waals surface area contributed by atoms with Gasteiger partial charge in [-0.25, -0.2) is 8.78 Å². The van der Waals surface area contributed by atoms with Crippen LogP contribution in [-0.4, -0.2) is 29.1 Å². The first kappa shape index (κ1) is 22.7. The van der Waals surface area contributed by atoms with Crippen molar-refractivity contribution in [1.29, 1.82) is 0 Å². The summed E-state index contributed by atoms with van der Waals surface area (Å²) in [7, 11) is 0. The van der Waals surface area contributed by atoms with E-state index in [0.717, 1.165) is 12.1 Å². The number of rotatable bonds is 5. The number of hydrogen-bond donors (Lipinski definition) is 3. The molecule has 1 fully saturated rings. The summed E-state index contributed by atoms with van der Waals surface area (Å²) < 4.78 is 57.0. The number of aryl methyl sites for hydroxylation is 1. The molecule has 1 aliphatic rings. The first-order valence-corrected chi connectivity index (χ1v) is 9.82. The van der Waals surface area contributed by atoms with E-state index in [1.54, 1.807) is 0 Å². The van der Waals surface area contributed by atoms with E-state index < -0.39 is 47.1 Å². The van der Waals surface area contributed by atoms with Gasteiger partial charge >= 0.3 is 5.92 Å². The number of carbonyl (C=O) groups is 2. The minimum absolute atomic E-state index is 0.235. The average molecular weight is 438 g/mol. The number of nitrogens with one attached hydrogen (secondary N) is 2. The van der Waals surface area contributed by atoms with Gasteiger partial charge in [-0.15, -0.1) is 0 Å². The van der Waals surface area contributed by atoms with Crippen molar-refractivity contribution in [2.24, 2.45) is 0 Å². The highest BCUT2D eigenvalue weighted by atomic mass is 19.3. The lowest BCUT2D eigenvalue weighted by atomic mass is 9.92. The zero-order chi connectivity index (χ0) is 22.8. The SMILES string of the molecule is Cc1cc(NC(=O)c2ccc(F)c(C(F)(F)C(=O)NC3CCC(O)CC3)c2)ccc1F. The van der Waals surface area contributed by atoms with Gasteiger partial charge in [0.2, 0.25) is 0 Å². The molecule has 0 spiro atoms. The van der Waals surface area contributed by atoms with Crippen LogP contribution in [0.25, 0.3) is 0 Å². The third kappa shape index (κ3) is 5.22. The second kappa shape index (κ2) is 9.05. The van der Waals surface area contributed by atoms with E-state index in [0.29, 0.717) is 37.8 Å². The third-order valence-electron chi connectivity index (χ3n) is 5.30. The minimum Gasteiger partial charge on any atom is -0.393 e. The lowest BCUT2D eigenvalue weighted by Crippen LogP contribution is -2.46. The summed E-state index contributed by atoms with van der Waals surface area (Å²) in [6.45, 7) is 1.49. The predicted octanol–water partition coefficient (Wildman–Crippen LogP) is 4.04. The molecule has 0 heterocycles. The number of alkyl halides is 2. The fraction of sp³-hybridized carbons (Fsp3) is 0.364. The van der Waals surface area contributed by atoms with Crippen molar-refractivity contribution < 1.29 is 32.3 Å². The topological polar surface area (TPSA) is 78.4 Å². The Morgan fingerprint density at radius 3 is 2.29 bits per heavy atom. The van der Waals surface area contributed by atoms with E-state index in [-0.39, 0.29) is 16.8 Å². The number of anilines is 1. The molecule has 1 saturated carbocycles. The van der Waals surface area contributed by atoms with E-state index in [1.807, 2.05) is 0 Å². The van der Waals surface area contributed by atoms with Crippen molar-refractivity contribution in [1.82, 2.24) is 5.32 Å². The van der Waals surface area contributed by atoms with Gasteiger partial charge in [-0.2, -0.15) is 8.78 Å². The van der Waals surface area contributed by atoms with Gasteiger partial charge in [0, 0.05) is 17.3 Å². The molecule has 0 unspecified atom stereocenters. The smallest absolute Gasteiger partial charge is 0.352 e. The lowest BCUT2D eigenvalue weighted by Gasteiger charge is -2.28. The van der Waals surface area contributed by atoms with E-state index in [2.05, 4.69) is 10.6 Å². The molecule has 166 valence electrons. The van der Waals surface area contributed by atoms with E-state index in [1.165, 1.54) is 19.1 Å². The highest BCUT2D eigenvalue weighted by Crippen LogP contribution is 2.32. The summed E-state index contributed by atoms with van der Waals surface area (Å²) in [4.78, 5) is 24.6. The fourth-order valence-electron chi connectivity index (χ4n) is 3.45. The van der Waals surface area contributed by atoms with Crippen LogP contribution in [-0.2, 0) is 10.7 Å². The van der Waals surface area contributed by atoms with E-state index >= 15 is 0 Å². The monoisotopic (exact) mass is 438 g/mol. The van der Waals surface area contributed by atoms with Gasteiger partial charge in [0.1, 0.15) is 11.6 Å². The Kier molecular flexibility index (Phi) is 6.64. The predicted molar refractivity (Wildman–Crippen MR) is 106 cm³/mol. The average Bonchev–Trinajstić information content (AvgIpc) is 2.72. The molecule has 3 N–H and O–H groups in total. The molecule has 2 aromatic carbocycles. The van der Waals surface area contributed by atoms with Gasteiger partial charge in [0.15, 0.2) is 0 Å². The van der Waals surface area contributed by atoms with Gasteiger partial charge in [-0.3, -0.25) is 9.59 Å². The van der Waals surface area contributed by atoms with Crippen LogP contribution in [0.1, 0.15) is 47.2 Å². The van der Waals surface area contributed by atoms with Crippen LogP contribution in [0.15, 0.2) is 36.4 Å². The highest BCUT2D eigenvalue weighted by Gasteiger charge is 2.44. The number of halogens is 4. The molecule has 0 atom stereocenters.